The fourth-order valence-corrected chi connectivity index (χ4v) is 1.79. The van der Waals surface area contributed by atoms with E-state index in [0.717, 1.165) is 19.3 Å². The van der Waals surface area contributed by atoms with Gasteiger partial charge in [-0.05, 0) is 25.7 Å². The van der Waals surface area contributed by atoms with Crippen molar-refractivity contribution in [1.29, 1.82) is 0 Å². The SMILES string of the molecule is CCC(C)(C)c1[c-]cc(C(C)(C)CC)[nH]1.CCO.CCO.[C-]1=CC=CC1.[Ti+2]. The van der Waals surface area contributed by atoms with Crippen molar-refractivity contribution in [1.82, 2.24) is 4.98 Å². The van der Waals surface area contributed by atoms with Gasteiger partial charge in [-0.1, -0.05) is 59.1 Å². The first-order valence-electron chi connectivity index (χ1n) is 9.71. The fourth-order valence-electron chi connectivity index (χ4n) is 1.79. The van der Waals surface area contributed by atoms with Crippen molar-refractivity contribution < 1.29 is 31.9 Å². The van der Waals surface area contributed by atoms with E-state index in [1.165, 1.54) is 11.4 Å². The van der Waals surface area contributed by atoms with E-state index in [1.807, 2.05) is 12.2 Å². The van der Waals surface area contributed by atoms with Gasteiger partial charge in [0.2, 0.25) is 0 Å². The number of nitrogens with one attached hydrogen (secondary N) is 1. The number of hydrogen-bond donors (Lipinski definition) is 3. The summed E-state index contributed by atoms with van der Waals surface area (Å²) >= 11 is 0. The van der Waals surface area contributed by atoms with Crippen molar-refractivity contribution in [3.63, 3.8) is 0 Å². The van der Waals surface area contributed by atoms with Gasteiger partial charge in [0.15, 0.2) is 0 Å². The molecule has 0 aromatic carbocycles. The molecule has 0 saturated carbocycles. The van der Waals surface area contributed by atoms with Gasteiger partial charge in [0, 0.05) is 13.2 Å². The van der Waals surface area contributed by atoms with Crippen molar-refractivity contribution in [2.75, 3.05) is 13.2 Å². The molecule has 0 amide bonds. The molecular weight excluding hydrogens is 370 g/mol. The summed E-state index contributed by atoms with van der Waals surface area (Å²) in [5.74, 6) is 0. The summed E-state index contributed by atoms with van der Waals surface area (Å²) in [5, 5.41) is 15.1. The molecule has 0 fully saturated rings. The van der Waals surface area contributed by atoms with Crippen LogP contribution in [0.5, 0.6) is 0 Å². The average Bonchev–Trinajstić information content (AvgIpc) is 3.31. The minimum Gasteiger partial charge on any atom is -0.454 e. The topological polar surface area (TPSA) is 56.2 Å². The molecule has 4 heteroatoms. The van der Waals surface area contributed by atoms with E-state index < -0.39 is 0 Å². The zero-order chi connectivity index (χ0) is 20.6. The monoisotopic (exact) mass is 411 g/mol. The van der Waals surface area contributed by atoms with Gasteiger partial charge in [-0.15, -0.1) is 12.1 Å². The van der Waals surface area contributed by atoms with E-state index in [1.54, 1.807) is 13.8 Å². The van der Waals surface area contributed by atoms with Crippen LogP contribution in [0.3, 0.4) is 0 Å². The maximum absolute atomic E-state index is 7.57. The first-order chi connectivity index (χ1) is 12.2. The van der Waals surface area contributed by atoms with Gasteiger partial charge in [0.05, 0.1) is 0 Å². The number of H-pyrrole nitrogens is 1. The van der Waals surface area contributed by atoms with Gasteiger partial charge in [0.25, 0.3) is 0 Å². The second-order valence-corrected chi connectivity index (χ2v) is 7.31. The molecule has 0 saturated heterocycles. The zero-order valence-electron chi connectivity index (χ0n) is 18.7. The van der Waals surface area contributed by atoms with Crippen molar-refractivity contribution in [2.24, 2.45) is 0 Å². The van der Waals surface area contributed by atoms with Crippen LogP contribution in [-0.4, -0.2) is 28.4 Å². The molecule has 1 aliphatic rings. The van der Waals surface area contributed by atoms with E-state index in [-0.39, 0.29) is 45.8 Å². The molecule has 27 heavy (non-hydrogen) atoms. The molecule has 1 heterocycles. The van der Waals surface area contributed by atoms with Crippen molar-refractivity contribution in [3.8, 4) is 0 Å². The predicted molar refractivity (Wildman–Crippen MR) is 113 cm³/mol. The Hall–Kier alpha value is -0.606. The molecule has 2 rings (SSSR count). The number of aromatic amines is 1. The smallest absolute Gasteiger partial charge is 0.454 e. The summed E-state index contributed by atoms with van der Waals surface area (Å²) in [6.07, 6.45) is 12.3. The summed E-state index contributed by atoms with van der Waals surface area (Å²) in [5.41, 5.74) is 2.99. The zero-order valence-corrected chi connectivity index (χ0v) is 20.3. The molecule has 3 nitrogen and oxygen atoms in total. The van der Waals surface area contributed by atoms with Gasteiger partial charge in [-0.2, -0.15) is 6.08 Å². The van der Waals surface area contributed by atoms with Crippen LogP contribution in [0, 0.1) is 12.1 Å². The molecule has 1 aliphatic carbocycles. The van der Waals surface area contributed by atoms with E-state index in [2.05, 4.69) is 70.8 Å². The van der Waals surface area contributed by atoms with Crippen LogP contribution in [-0.2, 0) is 32.5 Å². The van der Waals surface area contributed by atoms with Gasteiger partial charge >= 0.3 is 21.7 Å². The van der Waals surface area contributed by atoms with Crippen LogP contribution in [0.4, 0.5) is 0 Å². The Bertz CT molecular complexity index is 460. The molecule has 0 bridgehead atoms. The van der Waals surface area contributed by atoms with Crippen LogP contribution in [0.1, 0.15) is 86.0 Å². The maximum Gasteiger partial charge on any atom is 2.00 e. The number of aromatic nitrogens is 1. The number of aliphatic hydroxyl groups excluding tert-OH is 2. The van der Waals surface area contributed by atoms with Crippen LogP contribution in [0.15, 0.2) is 24.3 Å². The number of rotatable bonds is 4. The Morgan fingerprint density at radius 2 is 1.44 bits per heavy atom. The summed E-state index contributed by atoms with van der Waals surface area (Å²) < 4.78 is 0. The molecule has 0 aliphatic heterocycles. The third kappa shape index (κ3) is 14.1. The van der Waals surface area contributed by atoms with Crippen molar-refractivity contribution in [2.45, 2.75) is 85.5 Å². The summed E-state index contributed by atoms with van der Waals surface area (Å²) in [6.45, 7) is 17.4. The molecule has 154 valence electrons. The Morgan fingerprint density at radius 1 is 0.963 bits per heavy atom. The fraction of sp³-hybridized carbons (Fsp3) is 0.652. The summed E-state index contributed by atoms with van der Waals surface area (Å²) in [4.78, 5) is 3.54. The van der Waals surface area contributed by atoms with E-state index in [0.29, 0.717) is 0 Å². The number of hydrogen-bond acceptors (Lipinski definition) is 2. The molecule has 0 spiro atoms. The summed E-state index contributed by atoms with van der Waals surface area (Å²) in [6, 6.07) is 5.50. The number of aliphatic hydroxyl groups is 2. The van der Waals surface area contributed by atoms with E-state index >= 15 is 0 Å². The Morgan fingerprint density at radius 3 is 1.74 bits per heavy atom. The molecule has 1 aromatic heterocycles. The Labute approximate surface area is 183 Å². The third-order valence-electron chi connectivity index (χ3n) is 4.38. The van der Waals surface area contributed by atoms with Crippen molar-refractivity contribution in [3.05, 3.63) is 47.8 Å². The first-order valence-corrected chi connectivity index (χ1v) is 9.71. The van der Waals surface area contributed by atoms with E-state index in [9.17, 15) is 0 Å². The molecular formula is C23H41NO2Ti. The second kappa shape index (κ2) is 17.5. The first kappa shape index (κ1) is 31.1. The van der Waals surface area contributed by atoms with Gasteiger partial charge in [-0.25, -0.2) is 24.3 Å². The molecule has 1 aromatic rings. The summed E-state index contributed by atoms with van der Waals surface area (Å²) in [7, 11) is 0. The minimum atomic E-state index is 0. The van der Waals surface area contributed by atoms with Gasteiger partial charge in [-0.3, -0.25) is 6.08 Å². The van der Waals surface area contributed by atoms with Crippen LogP contribution >= 0.6 is 0 Å². The average molecular weight is 411 g/mol. The third-order valence-corrected chi connectivity index (χ3v) is 4.38. The van der Waals surface area contributed by atoms with Gasteiger partial charge in [0.1, 0.15) is 0 Å². The normalized spacial score (nSPS) is 11.9. The van der Waals surface area contributed by atoms with Crippen LogP contribution in [0.25, 0.3) is 0 Å². The van der Waals surface area contributed by atoms with Crippen LogP contribution < -0.4 is 0 Å². The number of allylic oxidation sites excluding steroid dienone is 4. The molecule has 0 atom stereocenters. The molecule has 3 N–H and O–H groups in total. The standard InChI is InChI=1S/C14H24N.C5H5.2C2H6O.Ti/c1-7-13(3,4)11-9-10-12(15-11)14(5,6)8-2;1-2-4-5-3-1;2*1-2-3;/h9,15H,7-8H2,1-6H3;1-3H,4H2;2*3H,2H2,1H3;/q2*-1;;;+2. The van der Waals surface area contributed by atoms with Crippen LogP contribution in [0.2, 0.25) is 0 Å². The van der Waals surface area contributed by atoms with Crippen molar-refractivity contribution >= 4 is 0 Å². The van der Waals surface area contributed by atoms with E-state index in [4.69, 9.17) is 10.2 Å². The largest absolute Gasteiger partial charge is 2.00 e. The molecule has 0 unspecified atom stereocenters. The maximum atomic E-state index is 7.57. The Balaban J connectivity index is -0.000000395. The quantitative estimate of drug-likeness (QED) is 0.453. The minimum absolute atomic E-state index is 0. The Kier molecular flexibility index (Phi) is 20.1. The predicted octanol–water partition coefficient (Wildman–Crippen LogP) is 5.49. The van der Waals surface area contributed by atoms with Gasteiger partial charge < -0.3 is 15.2 Å². The second-order valence-electron chi connectivity index (χ2n) is 7.31. The molecule has 0 radical (unpaired) electrons.